The van der Waals surface area contributed by atoms with Gasteiger partial charge in [0, 0.05) is 17.7 Å². The fourth-order valence-corrected chi connectivity index (χ4v) is 2.77. The van der Waals surface area contributed by atoms with Crippen molar-refractivity contribution in [2.45, 2.75) is 19.4 Å². The maximum atomic E-state index is 12.4. The standard InChI is InChI=1S/C15H13NO3/c1-9-7-10-3-2-4-11-8-12(5-6-13(17)18)15(19)16(9)14(10)11/h2-6,8-9H,7H2,1H3,(H,17,18). The molecule has 1 atom stereocenters. The first-order valence-electron chi connectivity index (χ1n) is 6.16. The average Bonchev–Trinajstić information content (AvgIpc) is 2.70. The molecule has 4 heteroatoms. The van der Waals surface area contributed by atoms with Crippen molar-refractivity contribution in [2.24, 2.45) is 0 Å². The van der Waals surface area contributed by atoms with E-state index in [1.165, 1.54) is 11.6 Å². The SMILES string of the molecule is CC1Cc2cccc3cc(C=CC(=O)O)c(=O)n1c23. The van der Waals surface area contributed by atoms with Crippen molar-refractivity contribution in [1.29, 1.82) is 0 Å². The molecule has 0 aliphatic carbocycles. The molecule has 96 valence electrons. The Bertz CT molecular complexity index is 771. The van der Waals surface area contributed by atoms with Gasteiger partial charge in [0.15, 0.2) is 0 Å². The van der Waals surface area contributed by atoms with Crippen LogP contribution in [0.1, 0.15) is 24.1 Å². The Morgan fingerprint density at radius 1 is 1.47 bits per heavy atom. The molecule has 0 saturated carbocycles. The molecule has 0 radical (unpaired) electrons. The number of carboxylic acids is 1. The molecule has 0 saturated heterocycles. The number of rotatable bonds is 2. The van der Waals surface area contributed by atoms with Crippen molar-refractivity contribution in [3.05, 3.63) is 51.8 Å². The lowest BCUT2D eigenvalue weighted by molar-refractivity contribution is -0.131. The minimum absolute atomic E-state index is 0.116. The lowest BCUT2D eigenvalue weighted by Crippen LogP contribution is -2.22. The van der Waals surface area contributed by atoms with Crippen LogP contribution in [-0.2, 0) is 11.2 Å². The highest BCUT2D eigenvalue weighted by Crippen LogP contribution is 2.30. The Hall–Kier alpha value is -2.36. The minimum Gasteiger partial charge on any atom is -0.478 e. The molecular weight excluding hydrogens is 242 g/mol. The van der Waals surface area contributed by atoms with Gasteiger partial charge in [-0.2, -0.15) is 0 Å². The molecule has 3 rings (SSSR count). The highest BCUT2D eigenvalue weighted by atomic mass is 16.4. The fourth-order valence-electron chi connectivity index (χ4n) is 2.77. The summed E-state index contributed by atoms with van der Waals surface area (Å²) in [6, 6.07) is 7.83. The lowest BCUT2D eigenvalue weighted by atomic mass is 10.1. The van der Waals surface area contributed by atoms with E-state index in [1.807, 2.05) is 25.1 Å². The molecule has 2 heterocycles. The number of pyridine rings is 1. The summed E-state index contributed by atoms with van der Waals surface area (Å²) in [5, 5.41) is 9.65. The third-order valence-corrected chi connectivity index (χ3v) is 3.53. The maximum Gasteiger partial charge on any atom is 0.328 e. The number of nitrogens with zero attached hydrogens (tertiary/aromatic N) is 1. The number of carbonyl (C=O) groups is 1. The third-order valence-electron chi connectivity index (χ3n) is 3.53. The summed E-state index contributed by atoms with van der Waals surface area (Å²) < 4.78 is 1.77. The summed E-state index contributed by atoms with van der Waals surface area (Å²) in [7, 11) is 0. The molecule has 1 N–H and O–H groups in total. The summed E-state index contributed by atoms with van der Waals surface area (Å²) in [6.45, 7) is 2.01. The van der Waals surface area contributed by atoms with Crippen LogP contribution in [0.3, 0.4) is 0 Å². The number of para-hydroxylation sites is 1. The predicted octanol–water partition coefficient (Wildman–Crippen LogP) is 2.22. The molecule has 0 amide bonds. The van der Waals surface area contributed by atoms with Gasteiger partial charge < -0.3 is 9.67 Å². The van der Waals surface area contributed by atoms with E-state index in [2.05, 4.69) is 0 Å². The Kier molecular flexibility index (Phi) is 2.52. The smallest absolute Gasteiger partial charge is 0.328 e. The van der Waals surface area contributed by atoms with Crippen molar-refractivity contribution >= 4 is 22.9 Å². The van der Waals surface area contributed by atoms with E-state index in [9.17, 15) is 9.59 Å². The van der Waals surface area contributed by atoms with Crippen LogP contribution in [0.5, 0.6) is 0 Å². The Labute approximate surface area is 109 Å². The second-order valence-corrected chi connectivity index (χ2v) is 4.85. The molecule has 1 unspecified atom stereocenters. The van der Waals surface area contributed by atoms with E-state index in [-0.39, 0.29) is 11.6 Å². The van der Waals surface area contributed by atoms with Crippen LogP contribution < -0.4 is 5.56 Å². The molecule has 1 aromatic carbocycles. The Morgan fingerprint density at radius 3 is 3.00 bits per heavy atom. The van der Waals surface area contributed by atoms with Gasteiger partial charge in [-0.15, -0.1) is 0 Å². The van der Waals surface area contributed by atoms with Crippen molar-refractivity contribution in [3.63, 3.8) is 0 Å². The van der Waals surface area contributed by atoms with Crippen molar-refractivity contribution in [1.82, 2.24) is 4.57 Å². The van der Waals surface area contributed by atoms with E-state index in [4.69, 9.17) is 5.11 Å². The van der Waals surface area contributed by atoms with Crippen LogP contribution in [0.4, 0.5) is 0 Å². The van der Waals surface area contributed by atoms with E-state index in [1.54, 1.807) is 10.6 Å². The molecule has 1 aliphatic heterocycles. The predicted molar refractivity (Wildman–Crippen MR) is 73.3 cm³/mol. The summed E-state index contributed by atoms with van der Waals surface area (Å²) >= 11 is 0. The number of hydrogen-bond donors (Lipinski definition) is 1. The summed E-state index contributed by atoms with van der Waals surface area (Å²) in [5.74, 6) is -1.05. The maximum absolute atomic E-state index is 12.4. The van der Waals surface area contributed by atoms with Gasteiger partial charge >= 0.3 is 5.97 Å². The summed E-state index contributed by atoms with van der Waals surface area (Å²) in [6.07, 6.45) is 3.21. The quantitative estimate of drug-likeness (QED) is 0.837. The van der Waals surface area contributed by atoms with Crippen LogP contribution in [0, 0.1) is 0 Å². The van der Waals surface area contributed by atoms with Crippen LogP contribution in [-0.4, -0.2) is 15.6 Å². The minimum atomic E-state index is -1.05. The zero-order valence-electron chi connectivity index (χ0n) is 10.5. The van der Waals surface area contributed by atoms with Crippen LogP contribution in [0.15, 0.2) is 35.1 Å². The molecule has 1 aliphatic rings. The molecule has 0 bridgehead atoms. The van der Waals surface area contributed by atoms with Crippen molar-refractivity contribution in [2.75, 3.05) is 0 Å². The highest BCUT2D eigenvalue weighted by Gasteiger charge is 2.22. The molecule has 2 aromatic rings. The molecule has 0 spiro atoms. The van der Waals surface area contributed by atoms with E-state index in [0.29, 0.717) is 5.56 Å². The van der Waals surface area contributed by atoms with Crippen LogP contribution in [0.25, 0.3) is 17.0 Å². The Balaban J connectivity index is 2.33. The third kappa shape index (κ3) is 1.76. The number of benzene rings is 1. The zero-order chi connectivity index (χ0) is 13.6. The number of aliphatic carboxylic acids is 1. The molecular formula is C15H13NO3. The van der Waals surface area contributed by atoms with Gasteiger partial charge in [0.25, 0.3) is 5.56 Å². The second-order valence-electron chi connectivity index (χ2n) is 4.85. The van der Waals surface area contributed by atoms with Crippen molar-refractivity contribution < 1.29 is 9.90 Å². The first-order chi connectivity index (χ1) is 9.08. The van der Waals surface area contributed by atoms with E-state index < -0.39 is 5.97 Å². The molecule has 1 aromatic heterocycles. The molecule has 19 heavy (non-hydrogen) atoms. The molecule has 0 fully saturated rings. The topological polar surface area (TPSA) is 59.3 Å². The normalized spacial score (nSPS) is 17.4. The van der Waals surface area contributed by atoms with Gasteiger partial charge in [-0.05, 0) is 36.4 Å². The van der Waals surface area contributed by atoms with Crippen molar-refractivity contribution in [3.8, 4) is 0 Å². The van der Waals surface area contributed by atoms with E-state index >= 15 is 0 Å². The second kappa shape index (κ2) is 4.09. The van der Waals surface area contributed by atoms with Gasteiger partial charge in [0.1, 0.15) is 0 Å². The van der Waals surface area contributed by atoms with Gasteiger partial charge in [-0.25, -0.2) is 4.79 Å². The summed E-state index contributed by atoms with van der Waals surface area (Å²) in [4.78, 5) is 23.0. The van der Waals surface area contributed by atoms with Crippen LogP contribution >= 0.6 is 0 Å². The fraction of sp³-hybridized carbons (Fsp3) is 0.200. The van der Waals surface area contributed by atoms with E-state index in [0.717, 1.165) is 23.4 Å². The van der Waals surface area contributed by atoms with Gasteiger partial charge in [0.05, 0.1) is 5.52 Å². The zero-order valence-corrected chi connectivity index (χ0v) is 10.5. The number of aromatic nitrogens is 1. The average molecular weight is 255 g/mol. The number of hydrogen-bond acceptors (Lipinski definition) is 2. The van der Waals surface area contributed by atoms with Gasteiger partial charge in [-0.1, -0.05) is 18.2 Å². The molecule has 4 nitrogen and oxygen atoms in total. The number of carboxylic acid groups (broad SMARTS) is 1. The van der Waals surface area contributed by atoms with Gasteiger partial charge in [0.2, 0.25) is 0 Å². The summed E-state index contributed by atoms with van der Waals surface area (Å²) in [5.41, 5.74) is 2.45. The van der Waals surface area contributed by atoms with Crippen LogP contribution in [0.2, 0.25) is 0 Å². The van der Waals surface area contributed by atoms with Gasteiger partial charge in [-0.3, -0.25) is 4.79 Å². The first kappa shape index (κ1) is 11.7. The monoisotopic (exact) mass is 255 g/mol. The first-order valence-corrected chi connectivity index (χ1v) is 6.16. The largest absolute Gasteiger partial charge is 0.478 e. The lowest BCUT2D eigenvalue weighted by Gasteiger charge is -2.10. The highest BCUT2D eigenvalue weighted by molar-refractivity contribution is 5.88. The Morgan fingerprint density at radius 2 is 2.26 bits per heavy atom.